The zero-order valence-corrected chi connectivity index (χ0v) is 23.2. The summed E-state index contributed by atoms with van der Waals surface area (Å²) in [4.78, 5) is 2.38. The summed E-state index contributed by atoms with van der Waals surface area (Å²) in [5.41, 5.74) is 12.7. The van der Waals surface area contributed by atoms with Gasteiger partial charge in [-0.05, 0) is 52.9 Å². The Morgan fingerprint density at radius 3 is 2.25 bits per heavy atom. The van der Waals surface area contributed by atoms with E-state index in [4.69, 9.17) is 13.6 Å². The van der Waals surface area contributed by atoms with Crippen LogP contribution in [0, 0.1) is 0 Å². The molecule has 0 spiro atoms. The molecule has 6 aromatic carbocycles. The Hall–Kier alpha value is -5.88. The smallest absolute Gasteiger partial charge is 0.336 e. The average Bonchev–Trinajstić information content (AvgIpc) is 3.73. The van der Waals surface area contributed by atoms with Gasteiger partial charge in [-0.2, -0.15) is 0 Å². The second-order valence-electron chi connectivity index (χ2n) is 12.0. The lowest BCUT2D eigenvalue weighted by Crippen LogP contribution is -2.57. The van der Waals surface area contributed by atoms with Crippen LogP contribution in [-0.4, -0.2) is 11.3 Å². The summed E-state index contributed by atoms with van der Waals surface area (Å²) in [6, 6.07) is 40.5. The molecule has 12 rings (SSSR count). The van der Waals surface area contributed by atoms with E-state index in [-0.39, 0.29) is 6.85 Å². The summed E-state index contributed by atoms with van der Waals surface area (Å²) in [5, 5.41) is 5.74. The SMILES string of the molecule is c1ccc2c(c1)Oc1cccc3c1N2c1c2c(cc4c1oc1ccccc14)-c1cccc4c5c6ccccc6oc5n(c14)B32. The number of fused-ring (bicyclic) bond motifs is 15. The van der Waals surface area contributed by atoms with Crippen LogP contribution >= 0.6 is 0 Å². The maximum Gasteiger partial charge on any atom is 0.336 e. The topological polar surface area (TPSA) is 43.7 Å². The number of benzene rings is 6. The van der Waals surface area contributed by atoms with Crippen molar-refractivity contribution in [3.63, 3.8) is 0 Å². The number of rotatable bonds is 0. The Bertz CT molecular complexity index is 2780. The highest BCUT2D eigenvalue weighted by molar-refractivity contribution is 6.90. The lowest BCUT2D eigenvalue weighted by molar-refractivity contribution is 0.477. The van der Waals surface area contributed by atoms with Crippen molar-refractivity contribution in [2.75, 3.05) is 4.90 Å². The van der Waals surface area contributed by atoms with Gasteiger partial charge in [0, 0.05) is 32.6 Å². The maximum absolute atomic E-state index is 6.81. The Kier molecular flexibility index (Phi) is 3.55. The largest absolute Gasteiger partial charge is 0.454 e. The average molecular weight is 562 g/mol. The first-order valence-corrected chi connectivity index (χ1v) is 15.0. The van der Waals surface area contributed by atoms with E-state index < -0.39 is 0 Å². The van der Waals surface area contributed by atoms with Crippen molar-refractivity contribution in [1.82, 2.24) is 4.48 Å². The lowest BCUT2D eigenvalue weighted by atomic mass is 9.45. The molecule has 5 nitrogen and oxygen atoms in total. The maximum atomic E-state index is 6.81. The molecule has 6 heteroatoms. The van der Waals surface area contributed by atoms with Crippen LogP contribution in [0.15, 0.2) is 124 Å². The quantitative estimate of drug-likeness (QED) is 0.173. The number of anilines is 3. The molecule has 44 heavy (non-hydrogen) atoms. The Morgan fingerprint density at radius 1 is 0.568 bits per heavy atom. The summed E-state index contributed by atoms with van der Waals surface area (Å²) in [5.74, 6) is 1.67. The van der Waals surface area contributed by atoms with Crippen LogP contribution in [-0.2, 0) is 0 Å². The summed E-state index contributed by atoms with van der Waals surface area (Å²) >= 11 is 0. The second-order valence-corrected chi connectivity index (χ2v) is 12.0. The van der Waals surface area contributed by atoms with Gasteiger partial charge in [-0.3, -0.25) is 0 Å². The molecule has 0 bridgehead atoms. The van der Waals surface area contributed by atoms with Gasteiger partial charge in [-0.15, -0.1) is 0 Å². The third-order valence-electron chi connectivity index (χ3n) is 9.94. The zero-order valence-electron chi connectivity index (χ0n) is 23.2. The molecule has 9 aromatic rings. The van der Waals surface area contributed by atoms with Gasteiger partial charge < -0.3 is 22.9 Å². The Balaban J connectivity index is 1.36. The van der Waals surface area contributed by atoms with Gasteiger partial charge in [0.2, 0.25) is 0 Å². The van der Waals surface area contributed by atoms with Gasteiger partial charge in [-0.1, -0.05) is 78.9 Å². The van der Waals surface area contributed by atoms with E-state index in [1.54, 1.807) is 0 Å². The highest BCUT2D eigenvalue weighted by atomic mass is 16.5. The van der Waals surface area contributed by atoms with Gasteiger partial charge in [-0.25, -0.2) is 0 Å². The van der Waals surface area contributed by atoms with Crippen LogP contribution in [0.2, 0.25) is 0 Å². The molecular weight excluding hydrogens is 543 g/mol. The van der Waals surface area contributed by atoms with E-state index in [9.17, 15) is 0 Å². The minimum Gasteiger partial charge on any atom is -0.454 e. The molecule has 202 valence electrons. The highest BCUT2D eigenvalue weighted by Crippen LogP contribution is 2.55. The molecular formula is C38H19BN2O3. The monoisotopic (exact) mass is 562 g/mol. The molecule has 0 aliphatic carbocycles. The van der Waals surface area contributed by atoms with Gasteiger partial charge in [0.1, 0.15) is 11.2 Å². The van der Waals surface area contributed by atoms with E-state index in [0.717, 1.165) is 72.6 Å². The van der Waals surface area contributed by atoms with Gasteiger partial charge in [0.15, 0.2) is 22.8 Å². The Labute approximate surface area is 250 Å². The van der Waals surface area contributed by atoms with Crippen molar-refractivity contribution in [2.24, 2.45) is 0 Å². The molecule has 0 fully saturated rings. The minimum atomic E-state index is -0.145. The Morgan fingerprint density at radius 2 is 1.32 bits per heavy atom. The predicted molar refractivity (Wildman–Crippen MR) is 177 cm³/mol. The molecule has 3 aliphatic heterocycles. The van der Waals surface area contributed by atoms with Crippen LogP contribution in [0.25, 0.3) is 66.0 Å². The first-order chi connectivity index (χ1) is 21.8. The number of hydrogen-bond donors (Lipinski definition) is 0. The zero-order chi connectivity index (χ0) is 28.3. The fraction of sp³-hybridized carbons (Fsp3) is 0. The van der Waals surface area contributed by atoms with Gasteiger partial charge >= 0.3 is 6.85 Å². The molecule has 6 heterocycles. The van der Waals surface area contributed by atoms with E-state index in [2.05, 4.69) is 100 Å². The van der Waals surface area contributed by atoms with Crippen molar-refractivity contribution < 1.29 is 13.6 Å². The van der Waals surface area contributed by atoms with Crippen molar-refractivity contribution in [2.45, 2.75) is 0 Å². The number of nitrogens with zero attached hydrogens (tertiary/aromatic N) is 2. The third-order valence-corrected chi connectivity index (χ3v) is 9.94. The van der Waals surface area contributed by atoms with Crippen molar-refractivity contribution in [3.8, 4) is 22.6 Å². The predicted octanol–water partition coefficient (Wildman–Crippen LogP) is 8.96. The van der Waals surface area contributed by atoms with E-state index >= 15 is 0 Å². The molecule has 0 saturated heterocycles. The van der Waals surface area contributed by atoms with Crippen LogP contribution < -0.4 is 20.6 Å². The number of para-hydroxylation sites is 6. The van der Waals surface area contributed by atoms with Gasteiger partial charge in [0.05, 0.1) is 22.4 Å². The third kappa shape index (κ3) is 2.30. The standard InChI is InChI=1S/C38H19BN2O3/c1-4-15-28-20(9-1)25-19-24-21-11-7-12-23-32-22-10-2-5-16-29(22)44-38(32)41(34(21)23)39-26-13-8-18-31-35(26)40(36(33(24)39)37(25)43-28)27-14-3-6-17-30(27)42-31/h1-19H. The van der Waals surface area contributed by atoms with Crippen LogP contribution in [0.3, 0.4) is 0 Å². The number of furan rings is 2. The van der Waals surface area contributed by atoms with E-state index in [1.807, 2.05) is 24.3 Å². The fourth-order valence-corrected chi connectivity index (χ4v) is 8.32. The van der Waals surface area contributed by atoms with Gasteiger partial charge in [0.25, 0.3) is 0 Å². The fourth-order valence-electron chi connectivity index (χ4n) is 8.32. The van der Waals surface area contributed by atoms with E-state index in [1.165, 1.54) is 33.0 Å². The summed E-state index contributed by atoms with van der Waals surface area (Å²) in [6.45, 7) is -0.145. The first-order valence-electron chi connectivity index (χ1n) is 15.0. The summed E-state index contributed by atoms with van der Waals surface area (Å²) in [7, 11) is 0. The molecule has 0 amide bonds. The molecule has 0 atom stereocenters. The molecule has 0 saturated carbocycles. The number of aromatic nitrogens is 1. The van der Waals surface area contributed by atoms with Crippen molar-refractivity contribution >= 4 is 89.7 Å². The molecule has 0 unspecified atom stereocenters. The highest BCUT2D eigenvalue weighted by Gasteiger charge is 2.47. The minimum absolute atomic E-state index is 0.145. The number of ether oxygens (including phenoxy) is 1. The van der Waals surface area contributed by atoms with Crippen LogP contribution in [0.5, 0.6) is 11.5 Å². The summed E-state index contributed by atoms with van der Waals surface area (Å²) < 4.78 is 22.6. The van der Waals surface area contributed by atoms with Crippen LogP contribution in [0.1, 0.15) is 0 Å². The second kappa shape index (κ2) is 7.18. The molecule has 3 aromatic heterocycles. The van der Waals surface area contributed by atoms with Crippen LogP contribution in [0.4, 0.5) is 17.1 Å². The first kappa shape index (κ1) is 21.8. The van der Waals surface area contributed by atoms with Crippen molar-refractivity contribution in [1.29, 1.82) is 0 Å². The molecule has 3 aliphatic rings. The van der Waals surface area contributed by atoms with Crippen molar-refractivity contribution in [3.05, 3.63) is 115 Å². The summed E-state index contributed by atoms with van der Waals surface area (Å²) in [6.07, 6.45) is 0. The van der Waals surface area contributed by atoms with E-state index in [0.29, 0.717) is 0 Å². The normalized spacial score (nSPS) is 14.0. The lowest BCUT2D eigenvalue weighted by Gasteiger charge is -2.42. The number of hydrogen-bond acceptors (Lipinski definition) is 4. The molecule has 0 radical (unpaired) electrons. The molecule has 0 N–H and O–H groups in total.